The second-order valence-corrected chi connectivity index (χ2v) is 5.52. The van der Waals surface area contributed by atoms with Crippen LogP contribution >= 0.6 is 0 Å². The van der Waals surface area contributed by atoms with Gasteiger partial charge in [-0.3, -0.25) is 9.59 Å². The van der Waals surface area contributed by atoms with Crippen molar-refractivity contribution < 1.29 is 14.0 Å². The number of hydrogen-bond donors (Lipinski definition) is 1. The predicted molar refractivity (Wildman–Crippen MR) is 86.2 cm³/mol. The van der Waals surface area contributed by atoms with Gasteiger partial charge in [-0.2, -0.15) is 0 Å². The van der Waals surface area contributed by atoms with Gasteiger partial charge >= 0.3 is 0 Å². The lowest BCUT2D eigenvalue weighted by Gasteiger charge is -2.34. The van der Waals surface area contributed by atoms with E-state index >= 15 is 0 Å². The highest BCUT2D eigenvalue weighted by Gasteiger charge is 2.24. The lowest BCUT2D eigenvalue weighted by atomic mass is 10.2. The molecule has 0 spiro atoms. The molecule has 1 saturated heterocycles. The number of nitrogens with zero attached hydrogens (tertiary/aromatic N) is 4. The highest BCUT2D eigenvalue weighted by Crippen LogP contribution is 2.11. The summed E-state index contributed by atoms with van der Waals surface area (Å²) < 4.78 is 5.24. The lowest BCUT2D eigenvalue weighted by molar-refractivity contribution is -0.130. The summed E-state index contributed by atoms with van der Waals surface area (Å²) >= 11 is 0. The molecule has 0 bridgehead atoms. The SMILES string of the molecule is CC(=O)N1CCN(C(=O)c2cc(NCc3ccco3)ncn2)CC1. The summed E-state index contributed by atoms with van der Waals surface area (Å²) in [6.45, 7) is 4.15. The fraction of sp³-hybridized carbons (Fsp3) is 0.375. The minimum absolute atomic E-state index is 0.0357. The number of rotatable bonds is 4. The van der Waals surface area contributed by atoms with Crippen LogP contribution in [0.4, 0.5) is 5.82 Å². The number of anilines is 1. The molecule has 3 rings (SSSR count). The zero-order valence-corrected chi connectivity index (χ0v) is 13.4. The van der Waals surface area contributed by atoms with Gasteiger partial charge in [-0.25, -0.2) is 9.97 Å². The van der Waals surface area contributed by atoms with Gasteiger partial charge in [0.15, 0.2) is 0 Å². The summed E-state index contributed by atoms with van der Waals surface area (Å²) in [6.07, 6.45) is 2.97. The molecule has 2 amide bonds. The number of carbonyl (C=O) groups excluding carboxylic acids is 2. The Morgan fingerprint density at radius 2 is 1.96 bits per heavy atom. The van der Waals surface area contributed by atoms with Gasteiger partial charge in [0.25, 0.3) is 5.91 Å². The molecule has 0 unspecified atom stereocenters. The van der Waals surface area contributed by atoms with E-state index in [0.29, 0.717) is 44.2 Å². The zero-order valence-electron chi connectivity index (χ0n) is 13.4. The third-order valence-electron chi connectivity index (χ3n) is 3.92. The lowest BCUT2D eigenvalue weighted by Crippen LogP contribution is -2.50. The van der Waals surface area contributed by atoms with Crippen LogP contribution in [-0.2, 0) is 11.3 Å². The molecule has 0 aromatic carbocycles. The average Bonchev–Trinajstić information content (AvgIpc) is 3.13. The summed E-state index contributed by atoms with van der Waals surface area (Å²) in [5, 5.41) is 3.10. The Hall–Kier alpha value is -2.90. The Morgan fingerprint density at radius 1 is 1.21 bits per heavy atom. The van der Waals surface area contributed by atoms with Crippen LogP contribution in [0.2, 0.25) is 0 Å². The van der Waals surface area contributed by atoms with Gasteiger partial charge in [0.2, 0.25) is 5.91 Å². The highest BCUT2D eigenvalue weighted by molar-refractivity contribution is 5.93. The minimum atomic E-state index is -0.151. The van der Waals surface area contributed by atoms with Gasteiger partial charge in [0.05, 0.1) is 12.8 Å². The van der Waals surface area contributed by atoms with E-state index in [1.165, 1.54) is 6.33 Å². The van der Waals surface area contributed by atoms with Gasteiger partial charge in [0.1, 0.15) is 23.6 Å². The minimum Gasteiger partial charge on any atom is -0.467 e. The first kappa shape index (κ1) is 16.0. The van der Waals surface area contributed by atoms with Crippen LogP contribution in [-0.4, -0.2) is 57.8 Å². The third kappa shape index (κ3) is 3.70. The predicted octanol–water partition coefficient (Wildman–Crippen LogP) is 0.986. The molecule has 126 valence electrons. The molecule has 2 aromatic heterocycles. The summed E-state index contributed by atoms with van der Waals surface area (Å²) in [4.78, 5) is 35.5. The number of nitrogens with one attached hydrogen (secondary N) is 1. The Kier molecular flexibility index (Phi) is 4.74. The molecule has 8 heteroatoms. The molecule has 8 nitrogen and oxygen atoms in total. The fourth-order valence-corrected chi connectivity index (χ4v) is 2.55. The van der Waals surface area contributed by atoms with E-state index in [2.05, 4.69) is 15.3 Å². The molecule has 1 fully saturated rings. The van der Waals surface area contributed by atoms with E-state index in [1.807, 2.05) is 12.1 Å². The monoisotopic (exact) mass is 329 g/mol. The van der Waals surface area contributed by atoms with Gasteiger partial charge in [-0.1, -0.05) is 0 Å². The molecule has 0 aliphatic carbocycles. The molecule has 1 aliphatic heterocycles. The van der Waals surface area contributed by atoms with Gasteiger partial charge in [0, 0.05) is 39.2 Å². The van der Waals surface area contributed by atoms with Crippen molar-refractivity contribution in [3.05, 3.63) is 42.2 Å². The van der Waals surface area contributed by atoms with E-state index in [4.69, 9.17) is 4.42 Å². The maximum absolute atomic E-state index is 12.5. The van der Waals surface area contributed by atoms with Crippen LogP contribution in [0.3, 0.4) is 0 Å². The van der Waals surface area contributed by atoms with Crippen molar-refractivity contribution in [2.75, 3.05) is 31.5 Å². The van der Waals surface area contributed by atoms with E-state index < -0.39 is 0 Å². The highest BCUT2D eigenvalue weighted by atomic mass is 16.3. The topological polar surface area (TPSA) is 91.6 Å². The Balaban J connectivity index is 1.61. The Bertz CT molecular complexity index is 708. The second-order valence-electron chi connectivity index (χ2n) is 5.52. The maximum atomic E-state index is 12.5. The quantitative estimate of drug-likeness (QED) is 0.899. The van der Waals surface area contributed by atoms with Crippen LogP contribution in [0.15, 0.2) is 35.2 Å². The largest absolute Gasteiger partial charge is 0.467 e. The Morgan fingerprint density at radius 3 is 2.62 bits per heavy atom. The normalized spacial score (nSPS) is 14.5. The standard InChI is InChI=1S/C16H19N5O3/c1-12(22)20-4-6-21(7-5-20)16(23)14-9-15(19-11-18-14)17-10-13-3-2-8-24-13/h2-3,8-9,11H,4-7,10H2,1H3,(H,17,18,19). The number of aromatic nitrogens is 2. The molecular formula is C16H19N5O3. The number of furan rings is 1. The summed E-state index contributed by atoms with van der Waals surface area (Å²) in [7, 11) is 0. The number of piperazine rings is 1. The molecule has 0 atom stereocenters. The van der Waals surface area contributed by atoms with Crippen LogP contribution in [0, 0.1) is 0 Å². The smallest absolute Gasteiger partial charge is 0.272 e. The molecule has 1 N–H and O–H groups in total. The zero-order chi connectivity index (χ0) is 16.9. The van der Waals surface area contributed by atoms with Crippen molar-refractivity contribution in [1.29, 1.82) is 0 Å². The second kappa shape index (κ2) is 7.12. The summed E-state index contributed by atoms with van der Waals surface area (Å²) in [5.74, 6) is 1.23. The number of hydrogen-bond acceptors (Lipinski definition) is 6. The molecule has 24 heavy (non-hydrogen) atoms. The van der Waals surface area contributed by atoms with Crippen molar-refractivity contribution in [3.8, 4) is 0 Å². The van der Waals surface area contributed by atoms with E-state index in [-0.39, 0.29) is 11.8 Å². The van der Waals surface area contributed by atoms with Crippen molar-refractivity contribution in [2.45, 2.75) is 13.5 Å². The number of carbonyl (C=O) groups is 2. The van der Waals surface area contributed by atoms with E-state index in [9.17, 15) is 9.59 Å². The van der Waals surface area contributed by atoms with Crippen LogP contribution < -0.4 is 5.32 Å². The molecule has 2 aromatic rings. The first-order chi connectivity index (χ1) is 11.6. The van der Waals surface area contributed by atoms with Crippen LogP contribution in [0.5, 0.6) is 0 Å². The van der Waals surface area contributed by atoms with Crippen molar-refractivity contribution in [3.63, 3.8) is 0 Å². The fourth-order valence-electron chi connectivity index (χ4n) is 2.55. The van der Waals surface area contributed by atoms with Crippen molar-refractivity contribution in [1.82, 2.24) is 19.8 Å². The third-order valence-corrected chi connectivity index (χ3v) is 3.92. The van der Waals surface area contributed by atoms with Gasteiger partial charge in [-0.05, 0) is 12.1 Å². The Labute approximate surface area is 139 Å². The molecule has 0 radical (unpaired) electrons. The summed E-state index contributed by atoms with van der Waals surface area (Å²) in [6, 6.07) is 5.30. The van der Waals surface area contributed by atoms with Crippen LogP contribution in [0.25, 0.3) is 0 Å². The van der Waals surface area contributed by atoms with E-state index in [1.54, 1.807) is 29.1 Å². The van der Waals surface area contributed by atoms with Crippen molar-refractivity contribution >= 4 is 17.6 Å². The van der Waals surface area contributed by atoms with E-state index in [0.717, 1.165) is 5.76 Å². The maximum Gasteiger partial charge on any atom is 0.272 e. The van der Waals surface area contributed by atoms with Gasteiger partial charge in [-0.15, -0.1) is 0 Å². The first-order valence-electron chi connectivity index (χ1n) is 7.76. The molecule has 3 heterocycles. The average molecular weight is 329 g/mol. The molecular weight excluding hydrogens is 310 g/mol. The number of amides is 2. The summed E-state index contributed by atoms with van der Waals surface area (Å²) in [5.41, 5.74) is 0.336. The van der Waals surface area contributed by atoms with Gasteiger partial charge < -0.3 is 19.5 Å². The van der Waals surface area contributed by atoms with Crippen LogP contribution in [0.1, 0.15) is 23.2 Å². The molecule has 1 aliphatic rings. The molecule has 0 saturated carbocycles. The first-order valence-corrected chi connectivity index (χ1v) is 7.76. The van der Waals surface area contributed by atoms with Crippen molar-refractivity contribution in [2.24, 2.45) is 0 Å².